The number of nitrogens with zero attached hydrogens (tertiary/aromatic N) is 3. The van der Waals surface area contributed by atoms with E-state index in [1.165, 1.54) is 12.1 Å². The average Bonchev–Trinajstić information content (AvgIpc) is 2.98. The number of fused-ring (bicyclic) bond motifs is 1. The van der Waals surface area contributed by atoms with Crippen LogP contribution in [0.2, 0.25) is 0 Å². The first-order chi connectivity index (χ1) is 17.2. The van der Waals surface area contributed by atoms with Crippen LogP contribution < -0.4 is 10.2 Å². The van der Waals surface area contributed by atoms with E-state index in [-0.39, 0.29) is 29.3 Å². The summed E-state index contributed by atoms with van der Waals surface area (Å²) in [6.07, 6.45) is 1.01. The normalized spacial score (nSPS) is 21.3. The number of amides is 1. The summed E-state index contributed by atoms with van der Waals surface area (Å²) < 4.78 is 5.41. The molecule has 1 saturated heterocycles. The monoisotopic (exact) mass is 490 g/mol. The summed E-state index contributed by atoms with van der Waals surface area (Å²) in [6.45, 7) is 6.15. The van der Waals surface area contributed by atoms with E-state index in [0.717, 1.165) is 17.1 Å². The van der Waals surface area contributed by atoms with Crippen molar-refractivity contribution < 1.29 is 19.2 Å². The maximum Gasteiger partial charge on any atom is 0.269 e. The molecule has 0 aromatic heterocycles. The summed E-state index contributed by atoms with van der Waals surface area (Å²) in [5.41, 5.74) is 3.28. The van der Waals surface area contributed by atoms with Crippen molar-refractivity contribution in [2.45, 2.75) is 32.7 Å². The molecule has 5 rings (SSSR count). The Morgan fingerprint density at radius 2 is 1.89 bits per heavy atom. The number of ketones is 1. The van der Waals surface area contributed by atoms with Crippen molar-refractivity contribution in [3.63, 3.8) is 0 Å². The van der Waals surface area contributed by atoms with Crippen molar-refractivity contribution in [1.82, 2.24) is 4.90 Å². The van der Waals surface area contributed by atoms with Crippen molar-refractivity contribution in [2.24, 2.45) is 5.41 Å². The molecule has 0 bridgehead atoms. The van der Waals surface area contributed by atoms with Gasteiger partial charge in [-0.05, 0) is 29.5 Å². The topological polar surface area (TPSA) is 105 Å². The third-order valence-corrected chi connectivity index (χ3v) is 7.07. The van der Waals surface area contributed by atoms with Gasteiger partial charge in [0.05, 0.1) is 42.1 Å². The average molecular weight is 491 g/mol. The molecule has 9 heteroatoms. The number of benzene rings is 2. The fourth-order valence-corrected chi connectivity index (χ4v) is 5.44. The van der Waals surface area contributed by atoms with Gasteiger partial charge in [-0.25, -0.2) is 0 Å². The van der Waals surface area contributed by atoms with Crippen LogP contribution in [0, 0.1) is 15.5 Å². The molecule has 1 fully saturated rings. The molecule has 1 unspecified atom stereocenters. The Hall–Kier alpha value is -3.72. The van der Waals surface area contributed by atoms with Gasteiger partial charge in [-0.15, -0.1) is 0 Å². The lowest BCUT2D eigenvalue weighted by atomic mass is 9.73. The van der Waals surface area contributed by atoms with Crippen LogP contribution >= 0.6 is 0 Å². The number of para-hydroxylation sites is 2. The number of anilines is 2. The summed E-state index contributed by atoms with van der Waals surface area (Å²) in [5, 5.41) is 15.1. The molecule has 188 valence electrons. The Labute approximate surface area is 209 Å². The zero-order valence-corrected chi connectivity index (χ0v) is 20.5. The SMILES string of the molecule is CC1(C)CC(=O)C2=C(C1)Nc1ccccc1N(CC(=O)N1CCOCC1)C2c1cccc([N+](=O)[O-])c1. The van der Waals surface area contributed by atoms with E-state index in [2.05, 4.69) is 19.2 Å². The number of ether oxygens (including phenoxy) is 1. The number of morpholine rings is 1. The Bertz CT molecular complexity index is 1250. The Balaban J connectivity index is 1.68. The smallest absolute Gasteiger partial charge is 0.269 e. The van der Waals surface area contributed by atoms with E-state index in [1.54, 1.807) is 17.0 Å². The van der Waals surface area contributed by atoms with E-state index in [4.69, 9.17) is 4.74 Å². The highest BCUT2D eigenvalue weighted by atomic mass is 16.6. The molecule has 3 aliphatic rings. The molecule has 9 nitrogen and oxygen atoms in total. The van der Waals surface area contributed by atoms with Gasteiger partial charge in [0.25, 0.3) is 5.69 Å². The number of carbonyl (C=O) groups excluding carboxylic acids is 2. The van der Waals surface area contributed by atoms with Gasteiger partial charge >= 0.3 is 0 Å². The van der Waals surface area contributed by atoms with Crippen LogP contribution in [0.4, 0.5) is 17.1 Å². The summed E-state index contributed by atoms with van der Waals surface area (Å²) in [6, 6.07) is 13.4. The number of non-ortho nitro benzene ring substituents is 1. The van der Waals surface area contributed by atoms with Gasteiger partial charge in [-0.1, -0.05) is 38.1 Å². The number of hydrogen-bond donors (Lipinski definition) is 1. The number of hydrogen-bond acceptors (Lipinski definition) is 7. The predicted molar refractivity (Wildman–Crippen MR) is 136 cm³/mol. The lowest BCUT2D eigenvalue weighted by Crippen LogP contribution is -2.47. The first-order valence-electron chi connectivity index (χ1n) is 12.2. The molecule has 1 N–H and O–H groups in total. The van der Waals surface area contributed by atoms with Gasteiger partial charge < -0.3 is 19.9 Å². The van der Waals surface area contributed by atoms with Crippen LogP contribution in [0.1, 0.15) is 38.3 Å². The zero-order chi connectivity index (χ0) is 25.4. The minimum atomic E-state index is -0.648. The Kier molecular flexibility index (Phi) is 6.26. The number of nitro benzene ring substituents is 1. The van der Waals surface area contributed by atoms with Gasteiger partial charge in [-0.3, -0.25) is 19.7 Å². The van der Waals surface area contributed by atoms with Gasteiger partial charge in [-0.2, -0.15) is 0 Å². The van der Waals surface area contributed by atoms with E-state index >= 15 is 0 Å². The van der Waals surface area contributed by atoms with Crippen LogP contribution in [0.25, 0.3) is 0 Å². The molecule has 0 saturated carbocycles. The van der Waals surface area contributed by atoms with Crippen molar-refractivity contribution in [3.8, 4) is 0 Å². The molecule has 2 aromatic rings. The van der Waals surface area contributed by atoms with Crippen LogP contribution in [-0.4, -0.2) is 54.4 Å². The summed E-state index contributed by atoms with van der Waals surface area (Å²) >= 11 is 0. The largest absolute Gasteiger partial charge is 0.378 e. The summed E-state index contributed by atoms with van der Waals surface area (Å²) in [7, 11) is 0. The lowest BCUT2D eigenvalue weighted by Gasteiger charge is -2.38. The summed E-state index contributed by atoms with van der Waals surface area (Å²) in [5.74, 6) is -0.0851. The summed E-state index contributed by atoms with van der Waals surface area (Å²) in [4.78, 5) is 42.1. The Morgan fingerprint density at radius 1 is 1.14 bits per heavy atom. The van der Waals surface area contributed by atoms with E-state index in [9.17, 15) is 19.7 Å². The molecule has 1 atom stereocenters. The van der Waals surface area contributed by atoms with Crippen LogP contribution in [0.5, 0.6) is 0 Å². The predicted octanol–water partition coefficient (Wildman–Crippen LogP) is 4.07. The third-order valence-electron chi connectivity index (χ3n) is 7.07. The van der Waals surface area contributed by atoms with Crippen molar-refractivity contribution in [2.75, 3.05) is 43.1 Å². The third kappa shape index (κ3) is 4.58. The quantitative estimate of drug-likeness (QED) is 0.509. The van der Waals surface area contributed by atoms with Crippen molar-refractivity contribution in [3.05, 3.63) is 75.5 Å². The first-order valence-corrected chi connectivity index (χ1v) is 12.2. The fourth-order valence-electron chi connectivity index (χ4n) is 5.44. The maximum absolute atomic E-state index is 13.7. The molecule has 2 aliphatic heterocycles. The fraction of sp³-hybridized carbons (Fsp3) is 0.407. The molecule has 1 aliphatic carbocycles. The minimum Gasteiger partial charge on any atom is -0.378 e. The second-order valence-corrected chi connectivity index (χ2v) is 10.4. The van der Waals surface area contributed by atoms with Crippen LogP contribution in [0.15, 0.2) is 59.8 Å². The van der Waals surface area contributed by atoms with E-state index in [0.29, 0.717) is 50.3 Å². The number of Topliss-reactive ketones (excluding diaryl/α,β-unsaturated/α-hetero) is 1. The van der Waals surface area contributed by atoms with Crippen LogP contribution in [0.3, 0.4) is 0 Å². The zero-order valence-electron chi connectivity index (χ0n) is 20.5. The van der Waals surface area contributed by atoms with E-state index < -0.39 is 11.0 Å². The minimum absolute atomic E-state index is 0.0121. The molecule has 36 heavy (non-hydrogen) atoms. The highest BCUT2D eigenvalue weighted by Gasteiger charge is 2.42. The molecular weight excluding hydrogens is 460 g/mol. The van der Waals surface area contributed by atoms with Gasteiger partial charge in [0.2, 0.25) is 5.91 Å². The molecule has 0 spiro atoms. The number of allylic oxidation sites excluding steroid dienone is 1. The molecule has 2 aromatic carbocycles. The standard InChI is InChI=1S/C27H30N4O5/c1-27(2)15-21-25(23(32)16-27)26(18-6-5-7-19(14-18)31(34)35)30(22-9-4-3-8-20(22)28-21)17-24(33)29-10-12-36-13-11-29/h3-9,14,26,28H,10-13,15-17H2,1-2H3. The highest BCUT2D eigenvalue weighted by Crippen LogP contribution is 2.48. The van der Waals surface area contributed by atoms with Crippen molar-refractivity contribution in [1.29, 1.82) is 0 Å². The number of nitrogens with one attached hydrogen (secondary N) is 1. The maximum atomic E-state index is 13.7. The molecular formula is C27H30N4O5. The number of carbonyl (C=O) groups is 2. The van der Waals surface area contributed by atoms with Crippen LogP contribution in [-0.2, 0) is 14.3 Å². The second-order valence-electron chi connectivity index (χ2n) is 10.4. The van der Waals surface area contributed by atoms with Gasteiger partial charge in [0, 0.05) is 42.9 Å². The lowest BCUT2D eigenvalue weighted by molar-refractivity contribution is -0.384. The molecule has 1 amide bonds. The molecule has 2 heterocycles. The van der Waals surface area contributed by atoms with Gasteiger partial charge in [0.1, 0.15) is 0 Å². The number of rotatable bonds is 4. The Morgan fingerprint density at radius 3 is 2.64 bits per heavy atom. The molecule has 0 radical (unpaired) electrons. The van der Waals surface area contributed by atoms with Crippen molar-refractivity contribution >= 4 is 28.8 Å². The highest BCUT2D eigenvalue weighted by molar-refractivity contribution is 6.02. The first kappa shape index (κ1) is 24.0. The second kappa shape index (κ2) is 9.39. The van der Waals surface area contributed by atoms with E-state index in [1.807, 2.05) is 29.2 Å². The number of nitro groups is 1. The van der Waals surface area contributed by atoms with Gasteiger partial charge in [0.15, 0.2) is 5.78 Å².